The summed E-state index contributed by atoms with van der Waals surface area (Å²) in [6, 6.07) is 5.08. The minimum absolute atomic E-state index is 0.0151. The molecule has 0 aromatic heterocycles. The van der Waals surface area contributed by atoms with E-state index in [0.29, 0.717) is 13.0 Å². The lowest BCUT2D eigenvalue weighted by Crippen LogP contribution is -2.43. The van der Waals surface area contributed by atoms with Crippen LogP contribution in [0.5, 0.6) is 0 Å². The van der Waals surface area contributed by atoms with Crippen LogP contribution in [0.15, 0.2) is 24.3 Å². The quantitative estimate of drug-likeness (QED) is 0.454. The maximum absolute atomic E-state index is 11.5. The van der Waals surface area contributed by atoms with E-state index in [4.69, 9.17) is 11.5 Å². The Morgan fingerprint density at radius 1 is 1.30 bits per heavy atom. The van der Waals surface area contributed by atoms with Crippen molar-refractivity contribution in [3.05, 3.63) is 39.9 Å². The van der Waals surface area contributed by atoms with Gasteiger partial charge in [0.1, 0.15) is 0 Å². The van der Waals surface area contributed by atoms with Crippen molar-refractivity contribution < 1.29 is 14.5 Å². The van der Waals surface area contributed by atoms with Crippen molar-refractivity contribution >= 4 is 17.5 Å². The molecule has 8 heteroatoms. The van der Waals surface area contributed by atoms with Crippen LogP contribution in [0.1, 0.15) is 12.0 Å². The number of nitrogens with one attached hydrogen (secondary N) is 1. The smallest absolute Gasteiger partial charge is 0.269 e. The fourth-order valence-electron chi connectivity index (χ4n) is 1.55. The number of amides is 2. The van der Waals surface area contributed by atoms with Gasteiger partial charge in [-0.05, 0) is 12.0 Å². The Balaban J connectivity index is 2.38. The molecule has 0 radical (unpaired) electrons. The summed E-state index contributed by atoms with van der Waals surface area (Å²) in [4.78, 5) is 32.1. The van der Waals surface area contributed by atoms with Crippen molar-refractivity contribution in [3.63, 3.8) is 0 Å². The van der Waals surface area contributed by atoms with Crippen molar-refractivity contribution in [3.8, 4) is 0 Å². The number of nitro benzene ring substituents is 1. The summed E-state index contributed by atoms with van der Waals surface area (Å²) in [6.07, 6.45) is 0.302. The van der Waals surface area contributed by atoms with Crippen molar-refractivity contribution in [2.45, 2.75) is 18.9 Å². The van der Waals surface area contributed by atoms with Crippen molar-refractivity contribution in [1.29, 1.82) is 0 Å². The van der Waals surface area contributed by atoms with Crippen LogP contribution in [0.25, 0.3) is 0 Å². The first-order valence-electron chi connectivity index (χ1n) is 5.95. The van der Waals surface area contributed by atoms with Crippen LogP contribution in [0.3, 0.4) is 0 Å². The van der Waals surface area contributed by atoms with Gasteiger partial charge in [-0.2, -0.15) is 0 Å². The molecule has 0 aliphatic heterocycles. The van der Waals surface area contributed by atoms with Crippen LogP contribution < -0.4 is 16.8 Å². The molecule has 8 nitrogen and oxygen atoms in total. The second-order valence-electron chi connectivity index (χ2n) is 4.24. The number of non-ortho nitro benzene ring substituents is 1. The van der Waals surface area contributed by atoms with Crippen molar-refractivity contribution in [1.82, 2.24) is 5.32 Å². The summed E-state index contributed by atoms with van der Waals surface area (Å²) in [5, 5.41) is 13.0. The number of hydrogen-bond donors (Lipinski definition) is 3. The highest BCUT2D eigenvalue weighted by atomic mass is 16.6. The standard InChI is InChI=1S/C12H16N4O4/c13-10(7-11(14)17)12(18)15-6-5-8-1-3-9(4-2-8)16(19)20/h1-4,10H,5-7,13H2,(H2,14,17)(H,15,18). The zero-order chi connectivity index (χ0) is 15.1. The lowest BCUT2D eigenvalue weighted by atomic mass is 10.1. The topological polar surface area (TPSA) is 141 Å². The second kappa shape index (κ2) is 7.19. The molecule has 0 aliphatic rings. The highest BCUT2D eigenvalue weighted by Crippen LogP contribution is 2.11. The number of primary amides is 1. The number of nitro groups is 1. The van der Waals surface area contributed by atoms with Crippen LogP contribution in [0.2, 0.25) is 0 Å². The summed E-state index contributed by atoms with van der Waals surface area (Å²) < 4.78 is 0. The second-order valence-corrected chi connectivity index (χ2v) is 4.24. The Kier molecular flexibility index (Phi) is 5.60. The molecule has 2 amide bonds. The first-order chi connectivity index (χ1) is 9.40. The van der Waals surface area contributed by atoms with Gasteiger partial charge in [0.2, 0.25) is 11.8 Å². The fourth-order valence-corrected chi connectivity index (χ4v) is 1.55. The van der Waals surface area contributed by atoms with E-state index in [1.54, 1.807) is 12.1 Å². The predicted molar refractivity (Wildman–Crippen MR) is 71.6 cm³/mol. The minimum atomic E-state index is -0.954. The Morgan fingerprint density at radius 2 is 1.90 bits per heavy atom. The van der Waals surface area contributed by atoms with E-state index in [0.717, 1.165) is 5.56 Å². The average molecular weight is 280 g/mol. The van der Waals surface area contributed by atoms with Crippen LogP contribution >= 0.6 is 0 Å². The van der Waals surface area contributed by atoms with Gasteiger partial charge in [-0.3, -0.25) is 19.7 Å². The molecule has 1 rings (SSSR count). The van der Waals surface area contributed by atoms with Crippen molar-refractivity contribution in [2.24, 2.45) is 11.5 Å². The third-order valence-corrected chi connectivity index (χ3v) is 2.62. The molecular weight excluding hydrogens is 264 g/mol. The zero-order valence-electron chi connectivity index (χ0n) is 10.7. The number of nitrogens with zero attached hydrogens (tertiary/aromatic N) is 1. The van der Waals surface area contributed by atoms with E-state index in [2.05, 4.69) is 5.32 Å². The molecule has 0 aliphatic carbocycles. The van der Waals surface area contributed by atoms with E-state index in [1.165, 1.54) is 12.1 Å². The molecule has 5 N–H and O–H groups in total. The summed E-state index contributed by atoms with van der Waals surface area (Å²) in [5.41, 5.74) is 11.3. The van der Waals surface area contributed by atoms with Gasteiger partial charge < -0.3 is 16.8 Å². The van der Waals surface area contributed by atoms with E-state index >= 15 is 0 Å². The van der Waals surface area contributed by atoms with E-state index < -0.39 is 22.8 Å². The number of hydrogen-bond acceptors (Lipinski definition) is 5. The predicted octanol–water partition coefficient (Wildman–Crippen LogP) is -0.544. The Morgan fingerprint density at radius 3 is 2.40 bits per heavy atom. The van der Waals surface area contributed by atoms with Gasteiger partial charge in [-0.15, -0.1) is 0 Å². The fraction of sp³-hybridized carbons (Fsp3) is 0.333. The molecule has 0 fully saturated rings. The highest BCUT2D eigenvalue weighted by molar-refractivity contribution is 5.87. The first-order valence-corrected chi connectivity index (χ1v) is 5.95. The van der Waals surface area contributed by atoms with Crippen LogP contribution in [-0.2, 0) is 16.0 Å². The molecule has 0 saturated carbocycles. The third kappa shape index (κ3) is 5.02. The molecule has 108 valence electrons. The zero-order valence-corrected chi connectivity index (χ0v) is 10.7. The first kappa shape index (κ1) is 15.6. The molecule has 0 spiro atoms. The normalized spacial score (nSPS) is 11.7. The number of benzene rings is 1. The molecule has 1 aromatic carbocycles. The van der Waals surface area contributed by atoms with Gasteiger partial charge in [0.15, 0.2) is 0 Å². The molecule has 0 bridgehead atoms. The Labute approximate surface area is 115 Å². The summed E-state index contributed by atoms with van der Waals surface area (Å²) in [7, 11) is 0. The Bertz CT molecular complexity index is 501. The van der Waals surface area contributed by atoms with Gasteiger partial charge in [-0.1, -0.05) is 12.1 Å². The summed E-state index contributed by atoms with van der Waals surface area (Å²) in [6.45, 7) is 0.323. The van der Waals surface area contributed by atoms with E-state index in [1.807, 2.05) is 0 Å². The molecule has 20 heavy (non-hydrogen) atoms. The molecular formula is C12H16N4O4. The lowest BCUT2D eigenvalue weighted by molar-refractivity contribution is -0.384. The number of carbonyl (C=O) groups excluding carboxylic acids is 2. The number of nitrogens with two attached hydrogens (primary N) is 2. The largest absolute Gasteiger partial charge is 0.370 e. The SMILES string of the molecule is NC(=O)CC(N)C(=O)NCCc1ccc([N+](=O)[O-])cc1. The number of carbonyl (C=O) groups is 2. The van der Waals surface area contributed by atoms with Crippen LogP contribution in [-0.4, -0.2) is 29.3 Å². The molecule has 1 unspecified atom stereocenters. The van der Waals surface area contributed by atoms with Crippen molar-refractivity contribution in [2.75, 3.05) is 6.54 Å². The molecule has 1 atom stereocenters. The monoisotopic (exact) mass is 280 g/mol. The van der Waals surface area contributed by atoms with E-state index in [9.17, 15) is 19.7 Å². The molecule has 0 saturated heterocycles. The Hall–Kier alpha value is -2.48. The van der Waals surface area contributed by atoms with Gasteiger partial charge in [-0.25, -0.2) is 0 Å². The third-order valence-electron chi connectivity index (χ3n) is 2.62. The minimum Gasteiger partial charge on any atom is -0.370 e. The van der Waals surface area contributed by atoms with E-state index in [-0.39, 0.29) is 12.1 Å². The average Bonchev–Trinajstić information content (AvgIpc) is 2.38. The maximum Gasteiger partial charge on any atom is 0.269 e. The molecule has 1 aromatic rings. The highest BCUT2D eigenvalue weighted by Gasteiger charge is 2.15. The van der Waals surface area contributed by atoms with Gasteiger partial charge in [0.25, 0.3) is 5.69 Å². The van der Waals surface area contributed by atoms with Gasteiger partial charge in [0.05, 0.1) is 17.4 Å². The lowest BCUT2D eigenvalue weighted by Gasteiger charge is -2.10. The summed E-state index contributed by atoms with van der Waals surface area (Å²) >= 11 is 0. The van der Waals surface area contributed by atoms with Crippen LogP contribution in [0, 0.1) is 10.1 Å². The summed E-state index contributed by atoms with van der Waals surface area (Å²) in [5.74, 6) is -1.09. The van der Waals surface area contributed by atoms with Gasteiger partial charge >= 0.3 is 0 Å². The maximum atomic E-state index is 11.5. The number of rotatable bonds is 7. The van der Waals surface area contributed by atoms with Crippen LogP contribution in [0.4, 0.5) is 5.69 Å². The van der Waals surface area contributed by atoms with Gasteiger partial charge in [0, 0.05) is 18.7 Å². The molecule has 0 heterocycles.